The van der Waals surface area contributed by atoms with E-state index in [1.54, 1.807) is 0 Å². The molecule has 3 unspecified atom stereocenters. The molecule has 1 amide bonds. The van der Waals surface area contributed by atoms with Gasteiger partial charge in [-0.2, -0.15) is 0 Å². The molecule has 0 aromatic rings. The van der Waals surface area contributed by atoms with Gasteiger partial charge in [0.1, 0.15) is 13.2 Å². The minimum Gasteiger partial charge on any atom is -0.756 e. The van der Waals surface area contributed by atoms with Gasteiger partial charge in [0.25, 0.3) is 7.82 Å². The lowest BCUT2D eigenvalue weighted by Crippen LogP contribution is -2.46. The largest absolute Gasteiger partial charge is 0.756 e. The summed E-state index contributed by atoms with van der Waals surface area (Å²) in [6, 6.07) is -0.796. The molecule has 0 bridgehead atoms. The number of nitrogens with zero attached hydrogens (tertiary/aromatic N) is 1. The molecule has 0 aliphatic carbocycles. The average molecular weight is 701 g/mol. The summed E-state index contributed by atoms with van der Waals surface area (Å²) in [4.78, 5) is 25.0. The van der Waals surface area contributed by atoms with Crippen molar-refractivity contribution in [3.63, 3.8) is 0 Å². The van der Waals surface area contributed by atoms with Crippen LogP contribution in [-0.4, -0.2) is 68.5 Å². The van der Waals surface area contributed by atoms with Gasteiger partial charge in [0, 0.05) is 6.42 Å². The second-order valence-corrected chi connectivity index (χ2v) is 16.0. The number of hydrogen-bond donors (Lipinski definition) is 2. The number of hydrogen-bond acceptors (Lipinski definition) is 6. The minimum absolute atomic E-state index is 0.0104. The van der Waals surface area contributed by atoms with Crippen molar-refractivity contribution >= 4 is 13.7 Å². The fourth-order valence-electron chi connectivity index (χ4n) is 5.48. The number of phosphoric ester groups is 1. The molecule has 3 atom stereocenters. The molecule has 0 spiro atoms. The summed E-state index contributed by atoms with van der Waals surface area (Å²) in [7, 11) is 1.29. The maximum Gasteiger partial charge on any atom is 0.268 e. The van der Waals surface area contributed by atoms with Gasteiger partial charge < -0.3 is 28.8 Å². The number of unbranched alkanes of at least 4 members (excludes halogenated alkanes) is 18. The number of aliphatic hydroxyl groups is 1. The number of amides is 1. The standard InChI is InChI=1S/C39H77N2O6P/c1-6-8-10-12-13-14-15-16-17-18-19-20-21-22-23-24-25-26-27-29-31-33-39(43)40-37(38(42)32-30-28-11-9-7-2)36-47-48(44,45)46-35-34-41(3,4)5/h15-16,18-19,37-38,42H,6-14,17,20-36H2,1-5H3,(H-,40,43,44,45)/b16-15-,19-18-. The number of quaternary nitrogens is 1. The summed E-state index contributed by atoms with van der Waals surface area (Å²) in [5.74, 6) is -0.178. The van der Waals surface area contributed by atoms with Crippen molar-refractivity contribution in [1.29, 1.82) is 0 Å². The SMILES string of the molecule is CCCCCCC/C=C\C/C=C\CCCCCCCCCCCC(=O)NC(COP(=O)([O-])OCC[N+](C)(C)C)C(O)CCCCCCC. The van der Waals surface area contributed by atoms with Crippen molar-refractivity contribution in [3.8, 4) is 0 Å². The first kappa shape index (κ1) is 47.0. The zero-order valence-corrected chi connectivity index (χ0v) is 32.8. The van der Waals surface area contributed by atoms with Crippen LogP contribution < -0.4 is 10.2 Å². The van der Waals surface area contributed by atoms with Gasteiger partial charge in [0.05, 0.1) is 39.9 Å². The highest BCUT2D eigenvalue weighted by Gasteiger charge is 2.24. The quantitative estimate of drug-likeness (QED) is 0.0295. The predicted molar refractivity (Wildman–Crippen MR) is 201 cm³/mol. The third-order valence-electron chi connectivity index (χ3n) is 8.69. The van der Waals surface area contributed by atoms with Gasteiger partial charge in [-0.25, -0.2) is 0 Å². The van der Waals surface area contributed by atoms with E-state index >= 15 is 0 Å². The van der Waals surface area contributed by atoms with Crippen molar-refractivity contribution in [3.05, 3.63) is 24.3 Å². The van der Waals surface area contributed by atoms with E-state index in [0.717, 1.165) is 57.8 Å². The molecule has 0 saturated carbocycles. The Morgan fingerprint density at radius 2 is 1.21 bits per heavy atom. The van der Waals surface area contributed by atoms with Crippen LogP contribution in [0.4, 0.5) is 0 Å². The fraction of sp³-hybridized carbons (Fsp3) is 0.872. The summed E-state index contributed by atoms with van der Waals surface area (Å²) in [5.41, 5.74) is 0. The van der Waals surface area contributed by atoms with E-state index in [1.807, 2.05) is 21.1 Å². The Balaban J connectivity index is 4.14. The molecule has 284 valence electrons. The van der Waals surface area contributed by atoms with Crippen LogP contribution in [0.15, 0.2) is 24.3 Å². The van der Waals surface area contributed by atoms with E-state index in [0.29, 0.717) is 23.9 Å². The molecule has 0 aliphatic heterocycles. The Morgan fingerprint density at radius 3 is 1.73 bits per heavy atom. The predicted octanol–water partition coefficient (Wildman–Crippen LogP) is 9.55. The number of allylic oxidation sites excluding steroid dienone is 4. The van der Waals surface area contributed by atoms with Gasteiger partial charge >= 0.3 is 0 Å². The van der Waals surface area contributed by atoms with Crippen molar-refractivity contribution in [1.82, 2.24) is 5.32 Å². The highest BCUT2D eigenvalue weighted by atomic mass is 31.2. The molecule has 0 fully saturated rings. The lowest BCUT2D eigenvalue weighted by molar-refractivity contribution is -0.870. The van der Waals surface area contributed by atoms with Gasteiger partial charge in [0.15, 0.2) is 0 Å². The summed E-state index contributed by atoms with van der Waals surface area (Å²) in [5, 5.41) is 13.6. The molecular weight excluding hydrogens is 623 g/mol. The van der Waals surface area contributed by atoms with Gasteiger partial charge in [-0.05, 0) is 44.9 Å². The number of nitrogens with one attached hydrogen (secondary N) is 1. The fourth-order valence-corrected chi connectivity index (χ4v) is 6.20. The normalized spacial score (nSPS) is 14.9. The van der Waals surface area contributed by atoms with Crippen molar-refractivity contribution in [2.45, 2.75) is 180 Å². The van der Waals surface area contributed by atoms with Crippen molar-refractivity contribution in [2.75, 3.05) is 40.9 Å². The monoisotopic (exact) mass is 701 g/mol. The van der Waals surface area contributed by atoms with Crippen LogP contribution in [0.25, 0.3) is 0 Å². The Bertz CT molecular complexity index is 845. The highest BCUT2D eigenvalue weighted by Crippen LogP contribution is 2.38. The van der Waals surface area contributed by atoms with Gasteiger partial charge in [-0.3, -0.25) is 9.36 Å². The molecule has 0 saturated heterocycles. The highest BCUT2D eigenvalue weighted by molar-refractivity contribution is 7.45. The summed E-state index contributed by atoms with van der Waals surface area (Å²) >= 11 is 0. The molecule has 0 heterocycles. The van der Waals surface area contributed by atoms with Gasteiger partial charge in [-0.1, -0.05) is 141 Å². The zero-order valence-electron chi connectivity index (χ0n) is 31.9. The van der Waals surface area contributed by atoms with Crippen LogP contribution in [0.3, 0.4) is 0 Å². The number of likely N-dealkylation sites (N-methyl/N-ethyl adjacent to an activating group) is 1. The van der Waals surface area contributed by atoms with Crippen LogP contribution >= 0.6 is 7.82 Å². The second-order valence-electron chi connectivity index (χ2n) is 14.6. The molecule has 0 aliphatic rings. The molecule has 8 nitrogen and oxygen atoms in total. The maximum absolute atomic E-state index is 12.7. The van der Waals surface area contributed by atoms with Crippen LogP contribution in [0.5, 0.6) is 0 Å². The Kier molecular flexibility index (Phi) is 31.2. The summed E-state index contributed by atoms with van der Waals surface area (Å²) < 4.78 is 23.0. The minimum atomic E-state index is -4.54. The van der Waals surface area contributed by atoms with Crippen LogP contribution in [0.1, 0.15) is 168 Å². The maximum atomic E-state index is 12.7. The summed E-state index contributed by atoms with van der Waals surface area (Å²) in [6.45, 7) is 4.60. The third-order valence-corrected chi connectivity index (χ3v) is 9.66. The second kappa shape index (κ2) is 31.9. The number of carbonyl (C=O) groups excluding carboxylic acids is 1. The molecule has 0 aromatic carbocycles. The molecule has 9 heteroatoms. The molecular formula is C39H77N2O6P. The summed E-state index contributed by atoms with van der Waals surface area (Å²) in [6.07, 6.45) is 35.1. The van der Waals surface area contributed by atoms with Gasteiger partial charge in [-0.15, -0.1) is 0 Å². The average Bonchev–Trinajstić information content (AvgIpc) is 3.02. The molecule has 48 heavy (non-hydrogen) atoms. The van der Waals surface area contributed by atoms with Crippen molar-refractivity contribution in [2.24, 2.45) is 0 Å². The number of rotatable bonds is 35. The van der Waals surface area contributed by atoms with E-state index in [-0.39, 0.29) is 19.1 Å². The van der Waals surface area contributed by atoms with Gasteiger partial charge in [0.2, 0.25) is 5.91 Å². The van der Waals surface area contributed by atoms with Crippen molar-refractivity contribution < 1.29 is 32.9 Å². The molecule has 0 aromatic heterocycles. The Hall–Kier alpha value is -1.02. The van der Waals surface area contributed by atoms with E-state index in [4.69, 9.17) is 9.05 Å². The first-order chi connectivity index (χ1) is 23.0. The Morgan fingerprint density at radius 1 is 0.729 bits per heavy atom. The van der Waals surface area contributed by atoms with Crippen LogP contribution in [-0.2, 0) is 18.4 Å². The molecule has 0 radical (unpaired) electrons. The van der Waals surface area contributed by atoms with E-state index in [2.05, 4.69) is 43.5 Å². The van der Waals surface area contributed by atoms with E-state index in [1.165, 1.54) is 83.5 Å². The number of carbonyl (C=O) groups is 1. The number of aliphatic hydroxyl groups excluding tert-OH is 1. The first-order valence-electron chi connectivity index (χ1n) is 19.7. The lowest BCUT2D eigenvalue weighted by atomic mass is 10.0. The van der Waals surface area contributed by atoms with Crippen LogP contribution in [0, 0.1) is 0 Å². The first-order valence-corrected chi connectivity index (χ1v) is 21.1. The molecule has 2 N–H and O–H groups in total. The third kappa shape index (κ3) is 33.5. The smallest absolute Gasteiger partial charge is 0.268 e. The van der Waals surface area contributed by atoms with E-state index < -0.39 is 20.0 Å². The Labute approximate surface area is 296 Å². The van der Waals surface area contributed by atoms with E-state index in [9.17, 15) is 19.4 Å². The lowest BCUT2D eigenvalue weighted by Gasteiger charge is -2.30. The molecule has 0 rings (SSSR count). The zero-order chi connectivity index (χ0) is 35.8. The number of phosphoric acid groups is 1. The topological polar surface area (TPSA) is 108 Å². The van der Waals surface area contributed by atoms with Crippen LogP contribution in [0.2, 0.25) is 0 Å².